The molecule has 0 radical (unpaired) electrons. The number of carbonyl (C=O) groups is 2. The molecule has 156 valence electrons. The Morgan fingerprint density at radius 1 is 0.815 bits per heavy atom. The van der Waals surface area contributed by atoms with E-state index in [1.54, 1.807) is 0 Å². The topological polar surface area (TPSA) is 193 Å². The normalized spacial score (nSPS) is 11.3. The predicted octanol–water partition coefficient (Wildman–Crippen LogP) is -0.606. The first-order valence-corrected chi connectivity index (χ1v) is 8.03. The van der Waals surface area contributed by atoms with Crippen molar-refractivity contribution < 1.29 is 43.6 Å². The van der Waals surface area contributed by atoms with Gasteiger partial charge in [-0.15, -0.1) is 20.2 Å². The molecule has 0 spiro atoms. The van der Waals surface area contributed by atoms with Crippen LogP contribution in [0.15, 0.2) is 0 Å². The van der Waals surface area contributed by atoms with Gasteiger partial charge < -0.3 is 29.6 Å². The smallest absolute Gasteiger partial charge is 0.323 e. The van der Waals surface area contributed by atoms with Crippen molar-refractivity contribution in [2.75, 3.05) is 39.6 Å². The van der Waals surface area contributed by atoms with Gasteiger partial charge in [0.1, 0.15) is 19.3 Å². The molecule has 0 aromatic carbocycles. The zero-order valence-electron chi connectivity index (χ0n) is 14.6. The molecular weight excluding hydrogens is 374 g/mol. The van der Waals surface area contributed by atoms with Gasteiger partial charge in [0.2, 0.25) is 0 Å². The molecule has 0 aromatic rings. The fourth-order valence-corrected chi connectivity index (χ4v) is 1.61. The van der Waals surface area contributed by atoms with Gasteiger partial charge >= 0.3 is 11.9 Å². The Hall–Kier alpha value is -2.74. The molecule has 0 aliphatic rings. The van der Waals surface area contributed by atoms with E-state index in [1.165, 1.54) is 0 Å². The first-order valence-electron chi connectivity index (χ1n) is 8.03. The van der Waals surface area contributed by atoms with Crippen molar-refractivity contribution in [1.29, 1.82) is 0 Å². The van der Waals surface area contributed by atoms with Crippen LogP contribution in [0, 0.1) is 20.2 Å². The van der Waals surface area contributed by atoms with E-state index >= 15 is 0 Å². The number of hydrogen-bond acceptors (Lipinski definition) is 12. The zero-order valence-corrected chi connectivity index (χ0v) is 14.6. The quantitative estimate of drug-likeness (QED) is 0.142. The number of rotatable bonds is 17. The average molecular weight is 397 g/mol. The first-order chi connectivity index (χ1) is 12.8. The monoisotopic (exact) mass is 397 g/mol. The number of ether oxygens (including phenoxy) is 3. The highest BCUT2D eigenvalue weighted by Crippen LogP contribution is 2.00. The van der Waals surface area contributed by atoms with Crippen molar-refractivity contribution in [2.24, 2.45) is 5.73 Å². The highest BCUT2D eigenvalue weighted by molar-refractivity contribution is 5.82. The lowest BCUT2D eigenvalue weighted by Gasteiger charge is -2.11. The first kappa shape index (κ1) is 24.3. The van der Waals surface area contributed by atoms with Crippen LogP contribution in [0.1, 0.15) is 25.7 Å². The summed E-state index contributed by atoms with van der Waals surface area (Å²) in [5.41, 5.74) is 5.52. The molecule has 1 unspecified atom stereocenters. The van der Waals surface area contributed by atoms with Crippen LogP contribution in [0.2, 0.25) is 0 Å². The number of esters is 2. The second-order valence-electron chi connectivity index (χ2n) is 4.99. The minimum Gasteiger partial charge on any atom is -0.466 e. The Balaban J connectivity index is 3.60. The van der Waals surface area contributed by atoms with Gasteiger partial charge in [0, 0.05) is 0 Å². The Morgan fingerprint density at radius 2 is 1.41 bits per heavy atom. The van der Waals surface area contributed by atoms with E-state index < -0.39 is 28.2 Å². The summed E-state index contributed by atoms with van der Waals surface area (Å²) < 4.78 is 14.6. The second-order valence-corrected chi connectivity index (χ2v) is 4.99. The van der Waals surface area contributed by atoms with Crippen molar-refractivity contribution in [1.82, 2.24) is 0 Å². The van der Waals surface area contributed by atoms with Crippen LogP contribution >= 0.6 is 0 Å². The maximum absolute atomic E-state index is 11.6. The number of unbranched alkanes of at least 4 members (excludes halogenated alkanes) is 2. The van der Waals surface area contributed by atoms with Crippen LogP contribution in [-0.4, -0.2) is 67.8 Å². The molecule has 14 heteroatoms. The van der Waals surface area contributed by atoms with Gasteiger partial charge in [-0.2, -0.15) is 0 Å². The van der Waals surface area contributed by atoms with Gasteiger partial charge in [-0.05, 0) is 19.3 Å². The van der Waals surface area contributed by atoms with Gasteiger partial charge in [-0.1, -0.05) is 0 Å². The molecule has 0 saturated heterocycles. The van der Waals surface area contributed by atoms with Gasteiger partial charge in [-0.25, -0.2) is 0 Å². The minimum absolute atomic E-state index is 0.00978. The van der Waals surface area contributed by atoms with Crippen LogP contribution in [-0.2, 0) is 33.5 Å². The lowest BCUT2D eigenvalue weighted by Crippen LogP contribution is -2.35. The van der Waals surface area contributed by atoms with E-state index in [9.17, 15) is 29.8 Å². The summed E-state index contributed by atoms with van der Waals surface area (Å²) in [5, 5.41) is 17.9. The molecule has 0 rings (SSSR count). The molecule has 1 atom stereocenters. The summed E-state index contributed by atoms with van der Waals surface area (Å²) in [4.78, 5) is 51.0. The largest absolute Gasteiger partial charge is 0.466 e. The molecule has 0 aliphatic carbocycles. The molecule has 0 bridgehead atoms. The minimum atomic E-state index is -1.19. The van der Waals surface area contributed by atoms with Crippen molar-refractivity contribution in [2.45, 2.75) is 31.7 Å². The van der Waals surface area contributed by atoms with E-state index in [-0.39, 0.29) is 46.1 Å². The average Bonchev–Trinajstić information content (AvgIpc) is 2.59. The van der Waals surface area contributed by atoms with Crippen molar-refractivity contribution in [3.05, 3.63) is 20.2 Å². The molecular formula is C13H23N3O11. The number of nitrogens with zero attached hydrogens (tertiary/aromatic N) is 2. The maximum Gasteiger partial charge on any atom is 0.323 e. The Labute approximate surface area is 154 Å². The second kappa shape index (κ2) is 15.5. The standard InChI is InChI=1S/C13H23N3O11/c14-11(13(18)25-8-6-23-7-9-27-16(21)22)10-12(17)24-4-2-1-3-5-26-15(19)20/h11H,1-10,14H2. The molecule has 0 heterocycles. The molecule has 0 fully saturated rings. The number of carbonyl (C=O) groups excluding carboxylic acids is 2. The summed E-state index contributed by atoms with van der Waals surface area (Å²) in [7, 11) is 0. The highest BCUT2D eigenvalue weighted by Gasteiger charge is 2.19. The lowest BCUT2D eigenvalue weighted by atomic mass is 10.2. The third kappa shape index (κ3) is 16.5. The summed E-state index contributed by atoms with van der Waals surface area (Å²) in [6, 6.07) is -1.19. The molecule has 14 nitrogen and oxygen atoms in total. The summed E-state index contributed by atoms with van der Waals surface area (Å²) >= 11 is 0. The van der Waals surface area contributed by atoms with E-state index in [2.05, 4.69) is 9.68 Å². The van der Waals surface area contributed by atoms with Gasteiger partial charge in [-0.3, -0.25) is 9.59 Å². The van der Waals surface area contributed by atoms with Crippen LogP contribution in [0.5, 0.6) is 0 Å². The molecule has 0 saturated carbocycles. The molecule has 27 heavy (non-hydrogen) atoms. The van der Waals surface area contributed by atoms with E-state index in [1.807, 2.05) is 0 Å². The summed E-state index contributed by atoms with van der Waals surface area (Å²) in [6.45, 7) is -0.357. The maximum atomic E-state index is 11.6. The fourth-order valence-electron chi connectivity index (χ4n) is 1.61. The lowest BCUT2D eigenvalue weighted by molar-refractivity contribution is -0.758. The summed E-state index contributed by atoms with van der Waals surface area (Å²) in [5.74, 6) is -1.48. The third-order valence-electron chi connectivity index (χ3n) is 2.83. The number of hydrogen-bond donors (Lipinski definition) is 1. The van der Waals surface area contributed by atoms with Crippen LogP contribution in [0.25, 0.3) is 0 Å². The van der Waals surface area contributed by atoms with E-state index in [4.69, 9.17) is 19.9 Å². The molecule has 0 amide bonds. The molecule has 0 aromatic heterocycles. The Morgan fingerprint density at radius 3 is 2.07 bits per heavy atom. The Bertz CT molecular complexity index is 474. The van der Waals surface area contributed by atoms with E-state index in [0.717, 1.165) is 0 Å². The third-order valence-corrected chi connectivity index (χ3v) is 2.83. The molecule has 0 aliphatic heterocycles. The highest BCUT2D eigenvalue weighted by atomic mass is 17.0. The van der Waals surface area contributed by atoms with Crippen molar-refractivity contribution >= 4 is 11.9 Å². The van der Waals surface area contributed by atoms with Crippen LogP contribution in [0.4, 0.5) is 0 Å². The SMILES string of the molecule is NC(CC(=O)OCCCCCO[N+](=O)[O-])C(=O)OCCOCCO[N+](=O)[O-]. The van der Waals surface area contributed by atoms with E-state index in [0.29, 0.717) is 19.3 Å². The zero-order chi connectivity index (χ0) is 20.5. The fraction of sp³-hybridized carbons (Fsp3) is 0.846. The summed E-state index contributed by atoms with van der Waals surface area (Å²) in [6.07, 6.45) is 1.15. The Kier molecular flexibility index (Phi) is 13.9. The number of nitrogens with two attached hydrogens (primary N) is 1. The molecule has 2 N–H and O–H groups in total. The van der Waals surface area contributed by atoms with Gasteiger partial charge in [0.05, 0.1) is 32.8 Å². The van der Waals surface area contributed by atoms with Crippen molar-refractivity contribution in [3.63, 3.8) is 0 Å². The predicted molar refractivity (Wildman–Crippen MR) is 85.1 cm³/mol. The van der Waals surface area contributed by atoms with Crippen LogP contribution < -0.4 is 5.73 Å². The van der Waals surface area contributed by atoms with Gasteiger partial charge in [0.15, 0.2) is 0 Å². The van der Waals surface area contributed by atoms with Gasteiger partial charge in [0.25, 0.3) is 10.2 Å². The van der Waals surface area contributed by atoms with Crippen LogP contribution in [0.3, 0.4) is 0 Å². The van der Waals surface area contributed by atoms with Crippen molar-refractivity contribution in [3.8, 4) is 0 Å².